The van der Waals surface area contributed by atoms with E-state index in [9.17, 15) is 0 Å². The molecule has 33 heavy (non-hydrogen) atoms. The summed E-state index contributed by atoms with van der Waals surface area (Å²) in [7, 11) is 3.22. The quantitative estimate of drug-likeness (QED) is 0.176. The number of rotatable bonds is 9. The number of alkyl halides is 3. The fourth-order valence-electron chi connectivity index (χ4n) is 3.25. The summed E-state index contributed by atoms with van der Waals surface area (Å²) >= 11 is 19.6. The van der Waals surface area contributed by atoms with Gasteiger partial charge in [0, 0.05) is 5.75 Å². The number of benzene rings is 3. The lowest BCUT2D eigenvalue weighted by molar-refractivity contribution is 0.182. The molecule has 0 aliphatic carbocycles. The second-order valence-electron chi connectivity index (χ2n) is 7.14. The van der Waals surface area contributed by atoms with Crippen LogP contribution in [0.2, 0.25) is 0 Å². The van der Waals surface area contributed by atoms with E-state index in [1.165, 1.54) is 0 Å². The van der Waals surface area contributed by atoms with E-state index in [-0.39, 0.29) is 5.25 Å². The molecule has 0 aliphatic rings. The van der Waals surface area contributed by atoms with E-state index in [1.807, 2.05) is 66.7 Å². The standard InChI is InChI=1S/C25H24Cl3NO3S/c1-30-20-12-6-10-18(14-20)22(32-24(29)25(26,27)28)23(19-11-7-13-21(15-19)31-2)33-16-17-8-4-3-5-9-17/h3-15,22-23,29H,16H2,1-2H3/t22-,23-/m1/s1. The maximum absolute atomic E-state index is 8.27. The highest BCUT2D eigenvalue weighted by Crippen LogP contribution is 2.46. The lowest BCUT2D eigenvalue weighted by Crippen LogP contribution is -2.26. The summed E-state index contributed by atoms with van der Waals surface area (Å²) in [5, 5.41) is 8.02. The normalized spacial score (nSPS) is 13.1. The van der Waals surface area contributed by atoms with Crippen LogP contribution in [0.5, 0.6) is 11.5 Å². The Morgan fingerprint density at radius 2 is 1.42 bits per heavy atom. The number of methoxy groups -OCH3 is 2. The van der Waals surface area contributed by atoms with Gasteiger partial charge in [-0.15, -0.1) is 11.8 Å². The van der Waals surface area contributed by atoms with E-state index >= 15 is 0 Å². The van der Waals surface area contributed by atoms with Gasteiger partial charge in [-0.3, -0.25) is 5.41 Å². The maximum atomic E-state index is 8.27. The second kappa shape index (κ2) is 11.9. The minimum atomic E-state index is -1.99. The zero-order valence-corrected chi connectivity index (χ0v) is 21.2. The van der Waals surface area contributed by atoms with Crippen molar-refractivity contribution in [2.24, 2.45) is 0 Å². The van der Waals surface area contributed by atoms with Gasteiger partial charge in [0.2, 0.25) is 5.90 Å². The third-order valence-electron chi connectivity index (χ3n) is 4.89. The highest BCUT2D eigenvalue weighted by atomic mass is 35.6. The summed E-state index contributed by atoms with van der Waals surface area (Å²) in [6, 6.07) is 25.4. The largest absolute Gasteiger partial charge is 0.497 e. The van der Waals surface area contributed by atoms with Crippen LogP contribution >= 0.6 is 46.6 Å². The van der Waals surface area contributed by atoms with Crippen LogP contribution < -0.4 is 9.47 Å². The summed E-state index contributed by atoms with van der Waals surface area (Å²) < 4.78 is 14.9. The molecule has 0 bridgehead atoms. The topological polar surface area (TPSA) is 51.5 Å². The maximum Gasteiger partial charge on any atom is 0.265 e. The molecule has 0 saturated carbocycles. The van der Waals surface area contributed by atoms with E-state index in [4.69, 9.17) is 54.4 Å². The molecule has 0 fully saturated rings. The third-order valence-corrected chi connectivity index (χ3v) is 6.79. The van der Waals surface area contributed by atoms with Gasteiger partial charge in [0.25, 0.3) is 3.79 Å². The van der Waals surface area contributed by atoms with Gasteiger partial charge in [-0.2, -0.15) is 0 Å². The molecule has 0 radical (unpaired) electrons. The first-order valence-electron chi connectivity index (χ1n) is 10.1. The fraction of sp³-hybridized carbons (Fsp3) is 0.240. The van der Waals surface area contributed by atoms with E-state index in [1.54, 1.807) is 26.0 Å². The molecule has 0 amide bonds. The minimum Gasteiger partial charge on any atom is -0.497 e. The molecule has 2 atom stereocenters. The molecule has 0 aliphatic heterocycles. The monoisotopic (exact) mass is 523 g/mol. The van der Waals surface area contributed by atoms with Crippen LogP contribution in [0, 0.1) is 5.41 Å². The van der Waals surface area contributed by atoms with Gasteiger partial charge in [-0.1, -0.05) is 89.4 Å². The molecule has 174 valence electrons. The number of thioether (sulfide) groups is 1. The molecular weight excluding hydrogens is 501 g/mol. The number of nitrogens with one attached hydrogen (secondary N) is 1. The van der Waals surface area contributed by atoms with Crippen molar-refractivity contribution in [1.82, 2.24) is 0 Å². The second-order valence-corrected chi connectivity index (χ2v) is 10.5. The molecule has 0 saturated heterocycles. The first kappa shape index (κ1) is 25.6. The van der Waals surface area contributed by atoms with Crippen molar-refractivity contribution in [2.75, 3.05) is 14.2 Å². The molecule has 0 heterocycles. The summed E-state index contributed by atoms with van der Waals surface area (Å²) in [5.74, 6) is 1.65. The fourth-order valence-corrected chi connectivity index (χ4v) is 4.68. The Labute approximate surface area is 213 Å². The SMILES string of the molecule is COc1cccc([C@@H](OC(=N)C(Cl)(Cl)Cl)[C@H](SCc2ccccc2)c2cccc(OC)c2)c1. The summed E-state index contributed by atoms with van der Waals surface area (Å²) in [6.45, 7) is 0. The first-order chi connectivity index (χ1) is 15.8. The van der Waals surface area contributed by atoms with Gasteiger partial charge in [-0.25, -0.2) is 0 Å². The van der Waals surface area contributed by atoms with Gasteiger partial charge in [0.1, 0.15) is 17.6 Å². The Hall–Kier alpha value is -2.05. The van der Waals surface area contributed by atoms with Gasteiger partial charge in [0.05, 0.1) is 19.5 Å². The predicted octanol–water partition coefficient (Wildman–Crippen LogP) is 7.78. The van der Waals surface area contributed by atoms with Crippen molar-refractivity contribution in [1.29, 1.82) is 5.41 Å². The number of halogens is 3. The summed E-state index contributed by atoms with van der Waals surface area (Å²) in [5.41, 5.74) is 2.91. The van der Waals surface area contributed by atoms with Gasteiger partial charge < -0.3 is 14.2 Å². The Morgan fingerprint density at radius 1 is 0.848 bits per heavy atom. The van der Waals surface area contributed by atoms with Crippen molar-refractivity contribution >= 4 is 52.5 Å². The van der Waals surface area contributed by atoms with Crippen molar-refractivity contribution in [3.63, 3.8) is 0 Å². The lowest BCUT2D eigenvalue weighted by atomic mass is 10.00. The van der Waals surface area contributed by atoms with Crippen LogP contribution in [0.25, 0.3) is 0 Å². The zero-order chi connectivity index (χ0) is 23.8. The molecule has 8 heteroatoms. The Bertz CT molecular complexity index is 1060. The van der Waals surface area contributed by atoms with Crippen molar-refractivity contribution < 1.29 is 14.2 Å². The highest BCUT2D eigenvalue weighted by molar-refractivity contribution is 7.98. The molecule has 3 aromatic carbocycles. The molecule has 1 N–H and O–H groups in total. The first-order valence-corrected chi connectivity index (χ1v) is 12.3. The average molecular weight is 525 g/mol. The molecular formula is C25H24Cl3NO3S. The van der Waals surface area contributed by atoms with Gasteiger partial charge in [0.15, 0.2) is 0 Å². The minimum absolute atomic E-state index is 0.250. The van der Waals surface area contributed by atoms with E-state index < -0.39 is 15.8 Å². The van der Waals surface area contributed by atoms with E-state index in [0.717, 1.165) is 22.4 Å². The van der Waals surface area contributed by atoms with Crippen molar-refractivity contribution in [3.05, 3.63) is 95.6 Å². The highest BCUT2D eigenvalue weighted by Gasteiger charge is 2.35. The molecule has 3 rings (SSSR count). The van der Waals surface area contributed by atoms with Crippen LogP contribution in [0.4, 0.5) is 0 Å². The zero-order valence-electron chi connectivity index (χ0n) is 18.1. The molecule has 4 nitrogen and oxygen atoms in total. The Balaban J connectivity index is 2.06. The summed E-state index contributed by atoms with van der Waals surface area (Å²) in [6.07, 6.45) is -0.635. The van der Waals surface area contributed by atoms with Crippen LogP contribution in [0.1, 0.15) is 28.0 Å². The van der Waals surface area contributed by atoms with Crippen LogP contribution in [0.3, 0.4) is 0 Å². The lowest BCUT2D eigenvalue weighted by Gasteiger charge is -2.30. The molecule has 0 aromatic heterocycles. The smallest absolute Gasteiger partial charge is 0.265 e. The Kier molecular flexibility index (Phi) is 9.21. The van der Waals surface area contributed by atoms with E-state index in [2.05, 4.69) is 12.1 Å². The predicted molar refractivity (Wildman–Crippen MR) is 138 cm³/mol. The molecule has 0 spiro atoms. The van der Waals surface area contributed by atoms with Crippen molar-refractivity contribution in [2.45, 2.75) is 20.9 Å². The van der Waals surface area contributed by atoms with Crippen LogP contribution in [0.15, 0.2) is 78.9 Å². The average Bonchev–Trinajstić information content (AvgIpc) is 2.83. The van der Waals surface area contributed by atoms with Crippen LogP contribution in [-0.4, -0.2) is 23.9 Å². The number of hydrogen-bond acceptors (Lipinski definition) is 5. The van der Waals surface area contributed by atoms with E-state index in [0.29, 0.717) is 11.5 Å². The molecule has 3 aromatic rings. The van der Waals surface area contributed by atoms with Crippen LogP contribution in [-0.2, 0) is 10.5 Å². The third kappa shape index (κ3) is 7.21. The number of ether oxygens (including phenoxy) is 3. The van der Waals surface area contributed by atoms with Gasteiger partial charge in [-0.05, 0) is 41.0 Å². The van der Waals surface area contributed by atoms with Gasteiger partial charge >= 0.3 is 0 Å². The number of hydrogen-bond donors (Lipinski definition) is 1. The molecule has 0 unspecified atom stereocenters. The Morgan fingerprint density at radius 3 is 2.00 bits per heavy atom. The van der Waals surface area contributed by atoms with Crippen molar-refractivity contribution in [3.8, 4) is 11.5 Å². The summed E-state index contributed by atoms with van der Waals surface area (Å²) in [4.78, 5) is 0.